The van der Waals surface area contributed by atoms with Crippen LogP contribution in [0.1, 0.15) is 53.2 Å². The largest absolute Gasteiger partial charge is 0.497 e. The predicted molar refractivity (Wildman–Crippen MR) is 157 cm³/mol. The van der Waals surface area contributed by atoms with Crippen molar-refractivity contribution < 1.29 is 41.4 Å². The molecule has 3 heterocycles. The number of rotatable bonds is 9. The van der Waals surface area contributed by atoms with Crippen LogP contribution in [0.4, 0.5) is 23.4 Å². The Morgan fingerprint density at radius 1 is 0.956 bits per heavy atom. The predicted octanol–water partition coefficient (Wildman–Crippen LogP) is 5.11. The molecule has 5 rings (SSSR count). The second-order valence-electron chi connectivity index (χ2n) is 11.2. The van der Waals surface area contributed by atoms with E-state index in [4.69, 9.17) is 14.5 Å². The van der Waals surface area contributed by atoms with Crippen molar-refractivity contribution in [3.8, 4) is 17.2 Å². The molecule has 0 saturated carbocycles. The van der Waals surface area contributed by atoms with E-state index in [1.165, 1.54) is 43.4 Å². The van der Waals surface area contributed by atoms with Crippen LogP contribution in [-0.2, 0) is 4.79 Å². The third-order valence-electron chi connectivity index (χ3n) is 8.46. The van der Waals surface area contributed by atoms with E-state index in [1.807, 2.05) is 13.1 Å². The molecule has 2 fully saturated rings. The number of likely N-dealkylation sites (tertiary alicyclic amines) is 1. The van der Waals surface area contributed by atoms with Gasteiger partial charge in [-0.3, -0.25) is 14.5 Å². The smallest absolute Gasteiger partial charge is 0.387 e. The van der Waals surface area contributed by atoms with Gasteiger partial charge in [0, 0.05) is 59.0 Å². The third-order valence-corrected chi connectivity index (χ3v) is 8.46. The fraction of sp³-hybridized carbons (Fsp3) is 0.406. The lowest BCUT2D eigenvalue weighted by molar-refractivity contribution is -0.118. The molecule has 0 radical (unpaired) electrons. The molecule has 3 aromatic rings. The van der Waals surface area contributed by atoms with Gasteiger partial charge in [0.25, 0.3) is 11.8 Å². The fourth-order valence-electron chi connectivity index (χ4n) is 6.10. The lowest BCUT2D eigenvalue weighted by Gasteiger charge is -2.30. The number of hydrogen-bond acceptors (Lipinski definition) is 7. The van der Waals surface area contributed by atoms with Crippen LogP contribution >= 0.6 is 0 Å². The lowest BCUT2D eigenvalue weighted by atomic mass is 9.87. The summed E-state index contributed by atoms with van der Waals surface area (Å²) in [6.45, 7) is 0.331. The van der Waals surface area contributed by atoms with Crippen LogP contribution in [0.3, 0.4) is 0 Å². The molecular formula is C32H34F4N4O5. The molecule has 2 aromatic carbocycles. The fourth-order valence-corrected chi connectivity index (χ4v) is 6.10. The first-order valence-corrected chi connectivity index (χ1v) is 14.5. The highest BCUT2D eigenvalue weighted by atomic mass is 19.3. The minimum atomic E-state index is -3.05. The van der Waals surface area contributed by atoms with E-state index < -0.39 is 53.6 Å². The molecule has 0 aliphatic carbocycles. The molecule has 13 heteroatoms. The summed E-state index contributed by atoms with van der Waals surface area (Å²) in [5.74, 6) is -3.88. The van der Waals surface area contributed by atoms with Gasteiger partial charge in [-0.25, -0.2) is 13.8 Å². The molecule has 0 bridgehead atoms. The van der Waals surface area contributed by atoms with Crippen molar-refractivity contribution in [1.29, 1.82) is 0 Å². The Bertz CT molecular complexity index is 1530. The van der Waals surface area contributed by atoms with Crippen LogP contribution in [-0.4, -0.2) is 74.8 Å². The number of ether oxygens (including phenoxy) is 3. The summed E-state index contributed by atoms with van der Waals surface area (Å²) in [4.78, 5) is 35.9. The maximum Gasteiger partial charge on any atom is 0.387 e. The molecule has 2 saturated heterocycles. The topological polar surface area (TPSA) is 93.2 Å². The maximum atomic E-state index is 15.5. The number of nitrogens with zero attached hydrogens (tertiary/aromatic N) is 3. The number of halogens is 4. The van der Waals surface area contributed by atoms with Gasteiger partial charge in [0.1, 0.15) is 40.7 Å². The number of amides is 2. The molecular weight excluding hydrogens is 596 g/mol. The van der Waals surface area contributed by atoms with E-state index in [0.717, 1.165) is 43.8 Å². The van der Waals surface area contributed by atoms with Crippen molar-refractivity contribution in [3.63, 3.8) is 0 Å². The number of piperidine rings is 1. The zero-order valence-corrected chi connectivity index (χ0v) is 25.2. The number of methoxy groups -OCH3 is 2. The van der Waals surface area contributed by atoms with E-state index in [-0.39, 0.29) is 28.8 Å². The molecule has 240 valence electrons. The standard InChI is InChI=1S/C32H34F4N4O5/c1-17-27(28-23(33)13-21(43-3)14-24(28)34)29(38-30(41)19-5-7-20(8-6-19)45-32(35)36)31(42)40(17)26-16-22(44-4)15-25(37-26)18-9-11-39(2)12-10-18/h5-8,13-18,27,29,32H,9-12H2,1-4H3,(H,38,41)/t17-,27-,29-/m0/s1. The summed E-state index contributed by atoms with van der Waals surface area (Å²) in [7, 11) is 4.81. The van der Waals surface area contributed by atoms with Gasteiger partial charge < -0.3 is 24.4 Å². The Balaban J connectivity index is 1.54. The lowest BCUT2D eigenvalue weighted by Crippen LogP contribution is -2.44. The number of pyridine rings is 1. The normalized spacial score (nSPS) is 20.9. The highest BCUT2D eigenvalue weighted by molar-refractivity contribution is 6.05. The van der Waals surface area contributed by atoms with Crippen molar-refractivity contribution in [2.45, 2.75) is 50.3 Å². The first-order valence-electron chi connectivity index (χ1n) is 14.5. The molecule has 2 aliphatic rings. The van der Waals surface area contributed by atoms with Gasteiger partial charge in [-0.1, -0.05) is 0 Å². The van der Waals surface area contributed by atoms with E-state index in [2.05, 4.69) is 15.0 Å². The Kier molecular flexibility index (Phi) is 9.47. The molecule has 3 atom stereocenters. The summed E-state index contributed by atoms with van der Waals surface area (Å²) in [6.07, 6.45) is 1.70. The molecule has 0 spiro atoms. The third kappa shape index (κ3) is 6.68. The number of carbonyl (C=O) groups excluding carboxylic acids is 2. The molecule has 0 unspecified atom stereocenters. The molecule has 2 amide bonds. The van der Waals surface area contributed by atoms with Crippen LogP contribution in [0.15, 0.2) is 48.5 Å². The van der Waals surface area contributed by atoms with Crippen molar-refractivity contribution in [3.05, 3.63) is 77.0 Å². The quantitative estimate of drug-likeness (QED) is 0.329. The van der Waals surface area contributed by atoms with Gasteiger partial charge in [-0.2, -0.15) is 8.78 Å². The number of hydrogen-bond donors (Lipinski definition) is 1. The van der Waals surface area contributed by atoms with Gasteiger partial charge in [0.15, 0.2) is 0 Å². The van der Waals surface area contributed by atoms with Gasteiger partial charge in [-0.05, 0) is 64.2 Å². The number of aromatic nitrogens is 1. The zero-order chi connectivity index (χ0) is 32.4. The summed E-state index contributed by atoms with van der Waals surface area (Å²) in [6, 6.07) is 8.00. The molecule has 45 heavy (non-hydrogen) atoms. The number of alkyl halides is 2. The minimum absolute atomic E-state index is 0.0222. The van der Waals surface area contributed by atoms with E-state index in [1.54, 1.807) is 13.0 Å². The van der Waals surface area contributed by atoms with Crippen molar-refractivity contribution in [2.24, 2.45) is 0 Å². The molecule has 1 aromatic heterocycles. The summed E-state index contributed by atoms with van der Waals surface area (Å²) >= 11 is 0. The van der Waals surface area contributed by atoms with Gasteiger partial charge >= 0.3 is 6.61 Å². The number of benzene rings is 2. The SMILES string of the molecule is COc1cc(C2CCN(C)CC2)nc(N2C(=O)[C@@H](NC(=O)c3ccc(OC(F)F)cc3)[C@H](c3c(F)cc(OC)cc3F)[C@@H]2C)c1. The number of anilines is 1. The van der Waals surface area contributed by atoms with Gasteiger partial charge in [0.2, 0.25) is 0 Å². The van der Waals surface area contributed by atoms with Crippen LogP contribution in [0.5, 0.6) is 17.2 Å². The molecule has 1 N–H and O–H groups in total. The summed E-state index contributed by atoms with van der Waals surface area (Å²) in [5, 5.41) is 2.63. The van der Waals surface area contributed by atoms with Gasteiger partial charge in [0.05, 0.1) is 14.2 Å². The average molecular weight is 631 g/mol. The van der Waals surface area contributed by atoms with E-state index in [9.17, 15) is 18.4 Å². The van der Waals surface area contributed by atoms with Crippen LogP contribution in [0.25, 0.3) is 0 Å². The summed E-state index contributed by atoms with van der Waals surface area (Å²) in [5.41, 5.74) is 0.354. The first kappa shape index (κ1) is 32.0. The minimum Gasteiger partial charge on any atom is -0.497 e. The number of carbonyl (C=O) groups is 2. The Morgan fingerprint density at radius 2 is 1.56 bits per heavy atom. The van der Waals surface area contributed by atoms with E-state index >= 15 is 8.78 Å². The van der Waals surface area contributed by atoms with Gasteiger partial charge in [-0.15, -0.1) is 0 Å². The Morgan fingerprint density at radius 3 is 2.13 bits per heavy atom. The van der Waals surface area contributed by atoms with Crippen molar-refractivity contribution in [1.82, 2.24) is 15.2 Å². The monoisotopic (exact) mass is 630 g/mol. The second kappa shape index (κ2) is 13.3. The first-order chi connectivity index (χ1) is 21.5. The summed E-state index contributed by atoms with van der Waals surface area (Å²) < 4.78 is 71.2. The Labute approximate surface area is 258 Å². The van der Waals surface area contributed by atoms with Crippen LogP contribution < -0.4 is 24.4 Å². The van der Waals surface area contributed by atoms with Crippen LogP contribution in [0, 0.1) is 11.6 Å². The maximum absolute atomic E-state index is 15.5. The van der Waals surface area contributed by atoms with E-state index in [0.29, 0.717) is 5.75 Å². The Hall–Kier alpha value is -4.39. The number of nitrogens with one attached hydrogen (secondary N) is 1. The molecule has 9 nitrogen and oxygen atoms in total. The molecule has 2 aliphatic heterocycles. The second-order valence-corrected chi connectivity index (χ2v) is 11.2. The van der Waals surface area contributed by atoms with Crippen molar-refractivity contribution >= 4 is 17.6 Å². The average Bonchev–Trinajstić information content (AvgIpc) is 3.25. The highest BCUT2D eigenvalue weighted by Gasteiger charge is 2.50. The zero-order valence-electron chi connectivity index (χ0n) is 25.2. The highest BCUT2D eigenvalue weighted by Crippen LogP contribution is 2.42. The van der Waals surface area contributed by atoms with Crippen molar-refractivity contribution in [2.75, 3.05) is 39.3 Å². The van der Waals surface area contributed by atoms with Crippen LogP contribution in [0.2, 0.25) is 0 Å².